The molecule has 0 atom stereocenters. The Bertz CT molecular complexity index is 972. The molecular weight excluding hydrogens is 436 g/mol. The second-order valence-electron chi connectivity index (χ2n) is 8.62. The van der Waals surface area contributed by atoms with Crippen LogP contribution in [0.5, 0.6) is 0 Å². The maximum Gasteiger partial charge on any atom is 0.253 e. The van der Waals surface area contributed by atoms with Gasteiger partial charge in [-0.25, -0.2) is 0 Å². The first kappa shape index (κ1) is 25.6. The van der Waals surface area contributed by atoms with Crippen LogP contribution in [0.2, 0.25) is 0 Å². The quantitative estimate of drug-likeness (QED) is 0.383. The van der Waals surface area contributed by atoms with Crippen LogP contribution >= 0.6 is 12.2 Å². The predicted molar refractivity (Wildman–Crippen MR) is 138 cm³/mol. The van der Waals surface area contributed by atoms with E-state index in [1.54, 1.807) is 0 Å². The number of fused-ring (bicyclic) bond motifs is 1. The SMILES string of the molecule is CCOCCCNC(=S)N(CCCN1CCOCC1)Cc1cc2c(C)ccc(C)c2[nH]c1=O. The molecule has 1 saturated heterocycles. The summed E-state index contributed by atoms with van der Waals surface area (Å²) < 4.78 is 10.9. The van der Waals surface area contributed by atoms with E-state index < -0.39 is 0 Å². The molecule has 3 rings (SSSR count). The van der Waals surface area contributed by atoms with Crippen LogP contribution in [0.3, 0.4) is 0 Å². The summed E-state index contributed by atoms with van der Waals surface area (Å²) in [5, 5.41) is 5.14. The second kappa shape index (κ2) is 13.0. The van der Waals surface area contributed by atoms with Gasteiger partial charge in [-0.05, 0) is 63.0 Å². The molecule has 0 amide bonds. The van der Waals surface area contributed by atoms with Crippen LogP contribution in [-0.4, -0.2) is 79.0 Å². The number of rotatable bonds is 11. The largest absolute Gasteiger partial charge is 0.382 e. The highest BCUT2D eigenvalue weighted by molar-refractivity contribution is 7.80. The van der Waals surface area contributed by atoms with Crippen molar-refractivity contribution in [2.24, 2.45) is 0 Å². The highest BCUT2D eigenvalue weighted by Crippen LogP contribution is 2.20. The molecular formula is C25H38N4O3S. The molecule has 0 saturated carbocycles. The summed E-state index contributed by atoms with van der Waals surface area (Å²) in [5.41, 5.74) is 3.84. The molecule has 8 heteroatoms. The van der Waals surface area contributed by atoms with Crippen LogP contribution in [0.15, 0.2) is 23.0 Å². The van der Waals surface area contributed by atoms with Gasteiger partial charge in [-0.15, -0.1) is 0 Å². The molecule has 33 heavy (non-hydrogen) atoms. The first-order chi connectivity index (χ1) is 16.0. The number of pyridine rings is 1. The molecule has 182 valence electrons. The van der Waals surface area contributed by atoms with Crippen molar-refractivity contribution in [1.82, 2.24) is 20.1 Å². The van der Waals surface area contributed by atoms with Crippen molar-refractivity contribution >= 4 is 28.2 Å². The van der Waals surface area contributed by atoms with E-state index >= 15 is 0 Å². The number of H-pyrrole nitrogens is 1. The maximum atomic E-state index is 12.9. The minimum absolute atomic E-state index is 0.0477. The summed E-state index contributed by atoms with van der Waals surface area (Å²) >= 11 is 5.74. The monoisotopic (exact) mass is 474 g/mol. The number of morpholine rings is 1. The molecule has 2 heterocycles. The van der Waals surface area contributed by atoms with Crippen molar-refractivity contribution in [2.45, 2.75) is 40.2 Å². The van der Waals surface area contributed by atoms with E-state index in [0.717, 1.165) is 93.0 Å². The van der Waals surface area contributed by atoms with Gasteiger partial charge < -0.3 is 24.7 Å². The second-order valence-corrected chi connectivity index (χ2v) is 9.01. The van der Waals surface area contributed by atoms with Gasteiger partial charge in [-0.2, -0.15) is 0 Å². The third-order valence-electron chi connectivity index (χ3n) is 6.12. The van der Waals surface area contributed by atoms with E-state index in [4.69, 9.17) is 21.7 Å². The van der Waals surface area contributed by atoms with Gasteiger partial charge in [0.2, 0.25) is 0 Å². The van der Waals surface area contributed by atoms with Crippen LogP contribution in [0.4, 0.5) is 0 Å². The Hall–Kier alpha value is -2.00. The summed E-state index contributed by atoms with van der Waals surface area (Å²) in [6, 6.07) is 6.18. The molecule has 2 aromatic rings. The lowest BCUT2D eigenvalue weighted by Crippen LogP contribution is -2.43. The number of hydrogen-bond acceptors (Lipinski definition) is 5. The van der Waals surface area contributed by atoms with Crippen molar-refractivity contribution in [3.05, 3.63) is 45.2 Å². The summed E-state index contributed by atoms with van der Waals surface area (Å²) in [7, 11) is 0. The standard InChI is InChI=1S/C25H38N4O3S/c1-4-31-14-5-9-26-25(33)29(11-6-10-28-12-15-32-16-13-28)18-21-17-22-19(2)7-8-20(3)23(22)27-24(21)30/h7-8,17H,4-6,9-16,18H2,1-3H3,(H,26,33)(H,27,30). The molecule has 0 aliphatic carbocycles. The molecule has 0 unspecified atom stereocenters. The molecule has 0 bridgehead atoms. The first-order valence-electron chi connectivity index (χ1n) is 12.0. The Labute approximate surface area is 202 Å². The molecule has 1 aromatic heterocycles. The van der Waals surface area contributed by atoms with Crippen molar-refractivity contribution in [2.75, 3.05) is 59.2 Å². The molecule has 1 aliphatic rings. The topological polar surface area (TPSA) is 69.8 Å². The van der Waals surface area contributed by atoms with Gasteiger partial charge in [0.15, 0.2) is 5.11 Å². The lowest BCUT2D eigenvalue weighted by molar-refractivity contribution is 0.0367. The van der Waals surface area contributed by atoms with Gasteiger partial charge in [0.1, 0.15) is 0 Å². The fraction of sp³-hybridized carbons (Fsp3) is 0.600. The number of hydrogen-bond donors (Lipinski definition) is 2. The number of nitrogens with one attached hydrogen (secondary N) is 2. The van der Waals surface area contributed by atoms with Gasteiger partial charge in [0.25, 0.3) is 5.56 Å². The van der Waals surface area contributed by atoms with Gasteiger partial charge in [-0.1, -0.05) is 12.1 Å². The molecule has 2 N–H and O–H groups in total. The Balaban J connectivity index is 1.70. The first-order valence-corrected chi connectivity index (χ1v) is 12.4. The Morgan fingerprint density at radius 3 is 2.76 bits per heavy atom. The zero-order valence-electron chi connectivity index (χ0n) is 20.2. The minimum Gasteiger partial charge on any atom is -0.382 e. The number of thiocarbonyl (C=S) groups is 1. The van der Waals surface area contributed by atoms with Crippen molar-refractivity contribution in [3.63, 3.8) is 0 Å². The fourth-order valence-electron chi connectivity index (χ4n) is 4.13. The summed E-state index contributed by atoms with van der Waals surface area (Å²) in [6.45, 7) is 14.1. The number of nitrogens with zero attached hydrogens (tertiary/aromatic N) is 2. The molecule has 0 spiro atoms. The van der Waals surface area contributed by atoms with E-state index in [2.05, 4.69) is 33.1 Å². The average Bonchev–Trinajstić information content (AvgIpc) is 2.82. The average molecular weight is 475 g/mol. The summed E-state index contributed by atoms with van der Waals surface area (Å²) in [4.78, 5) is 20.6. The van der Waals surface area contributed by atoms with E-state index in [-0.39, 0.29) is 5.56 Å². The van der Waals surface area contributed by atoms with Gasteiger partial charge in [0.05, 0.1) is 25.3 Å². The molecule has 1 aliphatic heterocycles. The maximum absolute atomic E-state index is 12.9. The van der Waals surface area contributed by atoms with Crippen LogP contribution in [0, 0.1) is 13.8 Å². The van der Waals surface area contributed by atoms with Crippen molar-refractivity contribution < 1.29 is 9.47 Å². The predicted octanol–water partition coefficient (Wildman–Crippen LogP) is 2.97. The zero-order valence-corrected chi connectivity index (χ0v) is 21.1. The molecule has 0 radical (unpaired) electrons. The van der Waals surface area contributed by atoms with Crippen LogP contribution < -0.4 is 10.9 Å². The highest BCUT2D eigenvalue weighted by atomic mass is 32.1. The van der Waals surface area contributed by atoms with Gasteiger partial charge in [-0.3, -0.25) is 9.69 Å². The zero-order chi connectivity index (χ0) is 23.6. The summed E-state index contributed by atoms with van der Waals surface area (Å²) in [5.74, 6) is 0. The normalized spacial score (nSPS) is 14.5. The molecule has 1 aromatic carbocycles. The van der Waals surface area contributed by atoms with E-state index in [9.17, 15) is 4.79 Å². The van der Waals surface area contributed by atoms with E-state index in [1.165, 1.54) is 0 Å². The number of aromatic amines is 1. The Morgan fingerprint density at radius 1 is 1.24 bits per heavy atom. The third-order valence-corrected chi connectivity index (χ3v) is 6.52. The smallest absolute Gasteiger partial charge is 0.253 e. The van der Waals surface area contributed by atoms with Crippen LogP contribution in [0.1, 0.15) is 36.5 Å². The highest BCUT2D eigenvalue weighted by Gasteiger charge is 2.16. The van der Waals surface area contributed by atoms with Crippen LogP contribution in [0.25, 0.3) is 10.9 Å². The van der Waals surface area contributed by atoms with Crippen molar-refractivity contribution in [1.29, 1.82) is 0 Å². The number of aryl methyl sites for hydroxylation is 2. The van der Waals surface area contributed by atoms with Crippen molar-refractivity contribution in [3.8, 4) is 0 Å². The third kappa shape index (κ3) is 7.50. The number of benzene rings is 1. The fourth-order valence-corrected chi connectivity index (χ4v) is 4.39. The lowest BCUT2D eigenvalue weighted by Gasteiger charge is -2.29. The van der Waals surface area contributed by atoms with Gasteiger partial charge in [0, 0.05) is 56.9 Å². The van der Waals surface area contributed by atoms with Crippen LogP contribution in [-0.2, 0) is 16.0 Å². The number of aromatic nitrogens is 1. The Morgan fingerprint density at radius 2 is 2.00 bits per heavy atom. The minimum atomic E-state index is -0.0477. The Kier molecular flexibility index (Phi) is 10.1. The lowest BCUT2D eigenvalue weighted by atomic mass is 10.0. The van der Waals surface area contributed by atoms with Gasteiger partial charge >= 0.3 is 0 Å². The van der Waals surface area contributed by atoms with E-state index in [0.29, 0.717) is 18.3 Å². The number of ether oxygens (including phenoxy) is 2. The molecule has 7 nitrogen and oxygen atoms in total. The van der Waals surface area contributed by atoms with E-state index in [1.807, 2.05) is 26.0 Å². The molecule has 1 fully saturated rings. The summed E-state index contributed by atoms with van der Waals surface area (Å²) in [6.07, 6.45) is 1.87.